The summed E-state index contributed by atoms with van der Waals surface area (Å²) in [6.07, 6.45) is 1.61. The molecule has 4 nitrogen and oxygen atoms in total. The molecule has 0 atom stereocenters. The number of benzene rings is 1. The first-order valence-corrected chi connectivity index (χ1v) is 5.95. The molecule has 0 aliphatic carbocycles. The summed E-state index contributed by atoms with van der Waals surface area (Å²) in [7, 11) is 0. The summed E-state index contributed by atoms with van der Waals surface area (Å²) >= 11 is 9.07. The maximum Gasteiger partial charge on any atom is 0.309 e. The monoisotopic (exact) mass is 314 g/mol. The van der Waals surface area contributed by atoms with Crippen LogP contribution in [0, 0.1) is 0 Å². The topological polar surface area (TPSA) is 55.1 Å². The number of carboxylic acids is 1. The van der Waals surface area contributed by atoms with E-state index in [9.17, 15) is 4.79 Å². The van der Waals surface area contributed by atoms with Gasteiger partial charge in [-0.1, -0.05) is 11.6 Å². The lowest BCUT2D eigenvalue weighted by molar-refractivity contribution is -0.136. The largest absolute Gasteiger partial charge is 0.481 e. The fourth-order valence-corrected chi connectivity index (χ4v) is 1.92. The molecule has 0 saturated heterocycles. The highest BCUT2D eigenvalue weighted by molar-refractivity contribution is 9.10. The van der Waals surface area contributed by atoms with Crippen LogP contribution >= 0.6 is 27.5 Å². The van der Waals surface area contributed by atoms with E-state index < -0.39 is 5.97 Å². The van der Waals surface area contributed by atoms with E-state index in [2.05, 4.69) is 21.0 Å². The maximum absolute atomic E-state index is 10.6. The summed E-state index contributed by atoms with van der Waals surface area (Å²) in [5.41, 5.74) is 1.32. The second kappa shape index (κ2) is 4.89. The van der Waals surface area contributed by atoms with Gasteiger partial charge in [0, 0.05) is 11.2 Å². The standard InChI is InChI=1S/C11H8BrClN2O2/c12-9-6-15(14-10(9)5-11(16)17)8-3-1-7(13)2-4-8/h1-4,6H,5H2,(H,16,17). The van der Waals surface area contributed by atoms with Crippen molar-refractivity contribution in [2.24, 2.45) is 0 Å². The minimum absolute atomic E-state index is 0.110. The highest BCUT2D eigenvalue weighted by Gasteiger charge is 2.11. The Morgan fingerprint density at radius 2 is 2.06 bits per heavy atom. The Hall–Kier alpha value is -1.33. The zero-order valence-corrected chi connectivity index (χ0v) is 10.9. The summed E-state index contributed by atoms with van der Waals surface area (Å²) in [4.78, 5) is 10.6. The average Bonchev–Trinajstić information content (AvgIpc) is 2.60. The molecule has 2 aromatic rings. The van der Waals surface area contributed by atoms with Gasteiger partial charge in [0.05, 0.1) is 22.3 Å². The van der Waals surface area contributed by atoms with Crippen LogP contribution in [0.15, 0.2) is 34.9 Å². The third kappa shape index (κ3) is 2.87. The molecule has 1 heterocycles. The van der Waals surface area contributed by atoms with Gasteiger partial charge in [0.1, 0.15) is 0 Å². The summed E-state index contributed by atoms with van der Waals surface area (Å²) < 4.78 is 2.29. The van der Waals surface area contributed by atoms with Crippen molar-refractivity contribution in [2.45, 2.75) is 6.42 Å². The lowest BCUT2D eigenvalue weighted by Gasteiger charge is -2.00. The van der Waals surface area contributed by atoms with Crippen LogP contribution in [0.1, 0.15) is 5.69 Å². The fraction of sp³-hybridized carbons (Fsp3) is 0.0909. The van der Waals surface area contributed by atoms with Gasteiger partial charge in [-0.25, -0.2) is 4.68 Å². The van der Waals surface area contributed by atoms with Crippen molar-refractivity contribution in [2.75, 3.05) is 0 Å². The second-order valence-electron chi connectivity index (χ2n) is 3.42. The third-order valence-corrected chi connectivity index (χ3v) is 3.06. The maximum atomic E-state index is 10.6. The predicted molar refractivity (Wildman–Crippen MR) is 67.6 cm³/mol. The Kier molecular flexibility index (Phi) is 3.49. The molecule has 6 heteroatoms. The van der Waals surface area contributed by atoms with Crippen LogP contribution in [-0.4, -0.2) is 20.9 Å². The Morgan fingerprint density at radius 1 is 1.41 bits per heavy atom. The van der Waals surface area contributed by atoms with Crippen molar-refractivity contribution >= 4 is 33.5 Å². The minimum atomic E-state index is -0.910. The number of aromatic nitrogens is 2. The van der Waals surface area contributed by atoms with E-state index in [-0.39, 0.29) is 6.42 Å². The number of hydrogen-bond acceptors (Lipinski definition) is 2. The van der Waals surface area contributed by atoms with E-state index in [1.54, 1.807) is 23.0 Å². The van der Waals surface area contributed by atoms with Crippen molar-refractivity contribution in [3.63, 3.8) is 0 Å². The van der Waals surface area contributed by atoms with Crippen molar-refractivity contribution in [3.05, 3.63) is 45.7 Å². The molecule has 0 saturated carbocycles. The first-order chi connectivity index (χ1) is 8.06. The van der Waals surface area contributed by atoms with Gasteiger partial charge in [-0.15, -0.1) is 0 Å². The van der Waals surface area contributed by atoms with Crippen LogP contribution in [0.3, 0.4) is 0 Å². The van der Waals surface area contributed by atoms with Crippen LogP contribution in [0.5, 0.6) is 0 Å². The SMILES string of the molecule is O=C(O)Cc1nn(-c2ccc(Cl)cc2)cc1Br. The summed E-state index contributed by atoms with van der Waals surface area (Å²) in [6, 6.07) is 7.13. The summed E-state index contributed by atoms with van der Waals surface area (Å²) in [5, 5.41) is 13.6. The van der Waals surface area contributed by atoms with Crippen molar-refractivity contribution in [3.8, 4) is 5.69 Å². The fourth-order valence-electron chi connectivity index (χ4n) is 1.38. The van der Waals surface area contributed by atoms with Crippen molar-refractivity contribution in [1.29, 1.82) is 0 Å². The van der Waals surface area contributed by atoms with Crippen molar-refractivity contribution < 1.29 is 9.90 Å². The highest BCUT2D eigenvalue weighted by Crippen LogP contribution is 2.19. The van der Waals surface area contributed by atoms with Crippen LogP contribution in [0.2, 0.25) is 5.02 Å². The van der Waals surface area contributed by atoms with Crippen LogP contribution in [-0.2, 0) is 11.2 Å². The number of aliphatic carboxylic acids is 1. The normalized spacial score (nSPS) is 10.5. The highest BCUT2D eigenvalue weighted by atomic mass is 79.9. The van der Waals surface area contributed by atoms with E-state index in [0.717, 1.165) is 5.69 Å². The second-order valence-corrected chi connectivity index (χ2v) is 4.71. The van der Waals surface area contributed by atoms with Gasteiger partial charge in [0.15, 0.2) is 0 Å². The van der Waals surface area contributed by atoms with Gasteiger partial charge in [-0.3, -0.25) is 4.79 Å². The van der Waals surface area contributed by atoms with E-state index in [4.69, 9.17) is 16.7 Å². The van der Waals surface area contributed by atoms with Crippen molar-refractivity contribution in [1.82, 2.24) is 9.78 Å². The smallest absolute Gasteiger partial charge is 0.309 e. The minimum Gasteiger partial charge on any atom is -0.481 e. The molecular formula is C11H8BrClN2O2. The molecule has 1 N–H and O–H groups in total. The number of rotatable bonds is 3. The lowest BCUT2D eigenvalue weighted by Crippen LogP contribution is -2.02. The third-order valence-electron chi connectivity index (χ3n) is 2.15. The first kappa shape index (κ1) is 12.1. The number of carbonyl (C=O) groups is 1. The molecule has 1 aromatic heterocycles. The number of hydrogen-bond donors (Lipinski definition) is 1. The van der Waals surface area contributed by atoms with Gasteiger partial charge >= 0.3 is 5.97 Å². The van der Waals surface area contributed by atoms with E-state index >= 15 is 0 Å². The molecule has 0 aliphatic rings. The molecule has 0 radical (unpaired) electrons. The first-order valence-electron chi connectivity index (χ1n) is 4.78. The quantitative estimate of drug-likeness (QED) is 0.947. The molecule has 0 bridgehead atoms. The summed E-state index contributed by atoms with van der Waals surface area (Å²) in [6.45, 7) is 0. The molecular weight excluding hydrogens is 307 g/mol. The summed E-state index contributed by atoms with van der Waals surface area (Å²) in [5.74, 6) is -0.910. The average molecular weight is 316 g/mol. The Morgan fingerprint density at radius 3 is 2.65 bits per heavy atom. The molecule has 0 spiro atoms. The molecule has 0 amide bonds. The number of halogens is 2. The van der Waals surface area contributed by atoms with E-state index in [0.29, 0.717) is 15.2 Å². The zero-order chi connectivity index (χ0) is 12.4. The molecule has 0 aliphatic heterocycles. The van der Waals surface area contributed by atoms with Crippen LogP contribution < -0.4 is 0 Å². The number of nitrogens with zero attached hydrogens (tertiary/aromatic N) is 2. The molecule has 88 valence electrons. The molecule has 2 rings (SSSR count). The van der Waals surface area contributed by atoms with Crippen LogP contribution in [0.25, 0.3) is 5.69 Å². The lowest BCUT2D eigenvalue weighted by atomic mass is 10.3. The van der Waals surface area contributed by atoms with Gasteiger partial charge in [0.2, 0.25) is 0 Å². The molecule has 1 aromatic carbocycles. The Labute approximate surface area is 111 Å². The van der Waals surface area contributed by atoms with Gasteiger partial charge in [-0.2, -0.15) is 5.10 Å². The molecule has 17 heavy (non-hydrogen) atoms. The Bertz CT molecular complexity index is 551. The Balaban J connectivity index is 2.34. The van der Waals surface area contributed by atoms with Gasteiger partial charge < -0.3 is 5.11 Å². The molecule has 0 fully saturated rings. The predicted octanol–water partition coefficient (Wildman–Crippen LogP) is 2.92. The zero-order valence-electron chi connectivity index (χ0n) is 8.60. The van der Waals surface area contributed by atoms with E-state index in [1.807, 2.05) is 12.1 Å². The van der Waals surface area contributed by atoms with Gasteiger partial charge in [0.25, 0.3) is 0 Å². The van der Waals surface area contributed by atoms with E-state index in [1.165, 1.54) is 0 Å². The number of carboxylic acid groups (broad SMARTS) is 1. The molecule has 0 unspecified atom stereocenters. The van der Waals surface area contributed by atoms with Crippen LogP contribution in [0.4, 0.5) is 0 Å². The van der Waals surface area contributed by atoms with Gasteiger partial charge in [-0.05, 0) is 40.2 Å².